The number of ether oxygens (including phenoxy) is 1. The third-order valence-electron chi connectivity index (χ3n) is 14.3. The number of carbonyl (C=O) groups is 8. The number of aryl methyl sites for hydroxylation is 1. The monoisotopic (exact) mass is 944 g/mol. The first-order valence-corrected chi connectivity index (χ1v) is 24.3. The predicted molar refractivity (Wildman–Crippen MR) is 256 cm³/mol. The first-order valence-electron chi connectivity index (χ1n) is 24.3. The fourth-order valence-electron chi connectivity index (χ4n) is 10.2. The second-order valence-electron chi connectivity index (χ2n) is 20.0. The van der Waals surface area contributed by atoms with Gasteiger partial charge in [-0.25, -0.2) is 0 Å². The Morgan fingerprint density at radius 2 is 1.59 bits per heavy atom. The molecule has 8 rings (SSSR count). The SMILES string of the molecule is CN[C@@H](C)C(=O)N[C@H](C(=O)N1Cc2cc(OCCCNC(=O)C3CCN(c4ccc5c(c4)C(=O)N(C4CCC(=O)NC4=O)C5=O)CC3)ccc2C[C@H]1C(=O)N[C@@H]1CCCc2ccccc21)C(C)(C)C. The van der Waals surface area contributed by atoms with Crippen molar-refractivity contribution in [3.8, 4) is 5.75 Å². The summed E-state index contributed by atoms with van der Waals surface area (Å²) in [5, 5.41) is 14.5. The molecule has 3 aromatic rings. The Hall–Kier alpha value is -6.62. The standard InChI is InChI=1S/C52H64N8O9/c1-30(53-5)45(62)57-44(52(2,3)4)51(68)59-29-34-26-36(16-14-33(34)27-42(59)48(65)55-40-13-8-11-31-10-6-7-12-37(31)40)69-25-9-22-54-46(63)32-20-23-58(24-21-32)35-15-17-38-39(28-35)50(67)60(49(38)66)41-18-19-43(61)56-47(41)64/h6-7,10,12,14-17,26,28,30,32,40-42,44,53H,8-9,11,13,18-25,27,29H2,1-5H3,(H,54,63)(H,55,65)(H,57,62)(H,56,61,64)/t30-,40+,41?,42-,44+/m0/s1. The van der Waals surface area contributed by atoms with Crippen LogP contribution in [-0.2, 0) is 48.2 Å². The Morgan fingerprint density at radius 3 is 2.33 bits per heavy atom. The molecule has 69 heavy (non-hydrogen) atoms. The first-order chi connectivity index (χ1) is 33.0. The lowest BCUT2D eigenvalue weighted by atomic mass is 9.83. The molecule has 1 aliphatic carbocycles. The average molecular weight is 945 g/mol. The molecule has 5 atom stereocenters. The van der Waals surface area contributed by atoms with Gasteiger partial charge in [0.05, 0.1) is 29.8 Å². The third-order valence-corrected chi connectivity index (χ3v) is 14.3. The van der Waals surface area contributed by atoms with Crippen molar-refractivity contribution in [2.24, 2.45) is 11.3 Å². The van der Waals surface area contributed by atoms with Crippen LogP contribution in [0.1, 0.15) is 122 Å². The number of nitrogens with one attached hydrogen (secondary N) is 5. The molecule has 2 saturated heterocycles. The van der Waals surface area contributed by atoms with Gasteiger partial charge < -0.3 is 35.8 Å². The predicted octanol–water partition coefficient (Wildman–Crippen LogP) is 3.48. The summed E-state index contributed by atoms with van der Waals surface area (Å²) in [5.41, 5.74) is 4.64. The van der Waals surface area contributed by atoms with Crippen molar-refractivity contribution < 1.29 is 43.1 Å². The summed E-state index contributed by atoms with van der Waals surface area (Å²) in [7, 11) is 1.69. The Kier molecular flexibility index (Phi) is 14.5. The van der Waals surface area contributed by atoms with E-state index in [0.717, 1.165) is 46.5 Å². The van der Waals surface area contributed by atoms with E-state index >= 15 is 0 Å². The van der Waals surface area contributed by atoms with Crippen LogP contribution in [0.3, 0.4) is 0 Å². The number of nitrogens with zero attached hydrogens (tertiary/aromatic N) is 3. The molecule has 17 nitrogen and oxygen atoms in total. The summed E-state index contributed by atoms with van der Waals surface area (Å²) >= 11 is 0. The number of fused-ring (bicyclic) bond motifs is 3. The summed E-state index contributed by atoms with van der Waals surface area (Å²) in [6.07, 6.45) is 4.88. The molecule has 0 saturated carbocycles. The van der Waals surface area contributed by atoms with Crippen molar-refractivity contribution in [1.29, 1.82) is 0 Å². The molecule has 1 unspecified atom stereocenters. The highest BCUT2D eigenvalue weighted by Crippen LogP contribution is 2.35. The van der Waals surface area contributed by atoms with Gasteiger partial charge >= 0.3 is 0 Å². The molecular formula is C52H64N8O9. The lowest BCUT2D eigenvalue weighted by Gasteiger charge is -2.41. The lowest BCUT2D eigenvalue weighted by Crippen LogP contribution is -2.62. The van der Waals surface area contributed by atoms with E-state index in [0.29, 0.717) is 57.7 Å². The molecule has 0 aromatic heterocycles. The number of piperidine rings is 2. The normalized spacial score (nSPS) is 21.3. The van der Waals surface area contributed by atoms with Gasteiger partial charge in [0.15, 0.2) is 0 Å². The molecule has 366 valence electrons. The number of hydrogen-bond acceptors (Lipinski definition) is 11. The molecule has 0 spiro atoms. The maximum absolute atomic E-state index is 14.7. The highest BCUT2D eigenvalue weighted by atomic mass is 16.5. The quantitative estimate of drug-likeness (QED) is 0.117. The Morgan fingerprint density at radius 1 is 0.841 bits per heavy atom. The molecule has 2 fully saturated rings. The van der Waals surface area contributed by atoms with Crippen LogP contribution in [0.5, 0.6) is 5.75 Å². The highest BCUT2D eigenvalue weighted by molar-refractivity contribution is 6.23. The van der Waals surface area contributed by atoms with Gasteiger partial charge in [-0.15, -0.1) is 0 Å². The van der Waals surface area contributed by atoms with Gasteiger partial charge in [-0.05, 0) is 117 Å². The summed E-state index contributed by atoms with van der Waals surface area (Å²) in [6.45, 7) is 9.46. The van der Waals surface area contributed by atoms with E-state index in [9.17, 15) is 38.4 Å². The number of anilines is 1. The van der Waals surface area contributed by atoms with E-state index in [2.05, 4.69) is 43.6 Å². The van der Waals surface area contributed by atoms with E-state index in [1.165, 1.54) is 5.56 Å². The van der Waals surface area contributed by atoms with Crippen molar-refractivity contribution in [3.63, 3.8) is 0 Å². The summed E-state index contributed by atoms with van der Waals surface area (Å²) in [6, 6.07) is 15.5. The second kappa shape index (κ2) is 20.5. The smallest absolute Gasteiger partial charge is 0.262 e. The van der Waals surface area contributed by atoms with Crippen LogP contribution in [0, 0.1) is 11.3 Å². The maximum Gasteiger partial charge on any atom is 0.262 e. The number of imide groups is 2. The molecule has 4 aliphatic heterocycles. The summed E-state index contributed by atoms with van der Waals surface area (Å²) in [4.78, 5) is 111. The van der Waals surface area contributed by atoms with Crippen LogP contribution in [0.15, 0.2) is 60.7 Å². The largest absolute Gasteiger partial charge is 0.494 e. The van der Waals surface area contributed by atoms with Crippen LogP contribution >= 0.6 is 0 Å². The lowest BCUT2D eigenvalue weighted by molar-refractivity contribution is -0.147. The number of likely N-dealkylation sites (N-methyl/N-ethyl adjacent to an activating group) is 1. The zero-order chi connectivity index (χ0) is 49.1. The molecular weight excluding hydrogens is 881 g/mol. The second-order valence-corrected chi connectivity index (χ2v) is 20.0. The minimum Gasteiger partial charge on any atom is -0.494 e. The summed E-state index contributed by atoms with van der Waals surface area (Å²) < 4.78 is 6.17. The van der Waals surface area contributed by atoms with Gasteiger partial charge in [0.25, 0.3) is 11.8 Å². The highest BCUT2D eigenvalue weighted by Gasteiger charge is 2.46. The topological polar surface area (TPSA) is 216 Å². The van der Waals surface area contributed by atoms with Gasteiger partial charge in [0.2, 0.25) is 35.4 Å². The van der Waals surface area contributed by atoms with Gasteiger partial charge in [-0.2, -0.15) is 0 Å². The number of benzene rings is 3. The van der Waals surface area contributed by atoms with Crippen molar-refractivity contribution in [2.45, 2.75) is 122 Å². The van der Waals surface area contributed by atoms with Crippen LogP contribution in [0.25, 0.3) is 0 Å². The van der Waals surface area contributed by atoms with Crippen molar-refractivity contribution in [3.05, 3.63) is 94.0 Å². The van der Waals surface area contributed by atoms with E-state index < -0.39 is 53.2 Å². The minimum absolute atomic E-state index is 0.0424. The van der Waals surface area contributed by atoms with Gasteiger partial charge in [-0.1, -0.05) is 51.1 Å². The van der Waals surface area contributed by atoms with Crippen LogP contribution in [0.4, 0.5) is 5.69 Å². The molecule has 5 aliphatic rings. The van der Waals surface area contributed by atoms with E-state index in [1.54, 1.807) is 37.1 Å². The van der Waals surface area contributed by atoms with Gasteiger partial charge in [0, 0.05) is 50.6 Å². The van der Waals surface area contributed by atoms with E-state index in [4.69, 9.17) is 4.74 Å². The first kappa shape index (κ1) is 48.8. The van der Waals surface area contributed by atoms with Gasteiger partial charge in [-0.3, -0.25) is 48.6 Å². The number of amides is 8. The molecule has 8 amide bonds. The minimum atomic E-state index is -1.03. The fraction of sp³-hybridized carbons (Fsp3) is 0.500. The van der Waals surface area contributed by atoms with Crippen LogP contribution < -0.4 is 36.2 Å². The van der Waals surface area contributed by atoms with Crippen molar-refractivity contribution in [1.82, 2.24) is 36.4 Å². The molecule has 0 radical (unpaired) electrons. The Labute approximate surface area is 402 Å². The third kappa shape index (κ3) is 10.5. The molecule has 0 bridgehead atoms. The van der Waals surface area contributed by atoms with Crippen LogP contribution in [0.2, 0.25) is 0 Å². The molecule has 3 aromatic carbocycles. The zero-order valence-corrected chi connectivity index (χ0v) is 40.2. The number of rotatable bonds is 14. The van der Waals surface area contributed by atoms with Crippen molar-refractivity contribution >= 4 is 52.9 Å². The zero-order valence-electron chi connectivity index (χ0n) is 40.2. The molecule has 4 heterocycles. The van der Waals surface area contributed by atoms with E-state index in [-0.39, 0.29) is 66.1 Å². The Bertz CT molecular complexity index is 2530. The maximum atomic E-state index is 14.7. The number of carbonyl (C=O) groups excluding carboxylic acids is 8. The van der Waals surface area contributed by atoms with Crippen LogP contribution in [-0.4, -0.2) is 115 Å². The average Bonchev–Trinajstić information content (AvgIpc) is 3.59. The molecule has 17 heteroatoms. The Balaban J connectivity index is 0.851. The van der Waals surface area contributed by atoms with Gasteiger partial charge in [0.1, 0.15) is 23.9 Å². The van der Waals surface area contributed by atoms with Crippen molar-refractivity contribution in [2.75, 3.05) is 38.2 Å². The molecule has 5 N–H and O–H groups in total. The van der Waals surface area contributed by atoms with E-state index in [1.807, 2.05) is 51.1 Å². The fourth-order valence-corrected chi connectivity index (χ4v) is 10.2. The number of hydrogen-bond donors (Lipinski definition) is 5. The summed E-state index contributed by atoms with van der Waals surface area (Å²) in [5.74, 6) is -2.70.